The minimum atomic E-state index is -0.0809. The smallest absolute Gasteiger partial charge is 0.252 e. The number of rotatable bonds is 6. The van der Waals surface area contributed by atoms with Gasteiger partial charge in [-0.15, -0.1) is 0 Å². The Morgan fingerprint density at radius 2 is 2.40 bits per heavy atom. The molecule has 3 rings (SSSR count). The van der Waals surface area contributed by atoms with Gasteiger partial charge in [0, 0.05) is 24.4 Å². The molecule has 2 aromatic heterocycles. The fourth-order valence-electron chi connectivity index (χ4n) is 2.24. The van der Waals surface area contributed by atoms with Gasteiger partial charge in [0.05, 0.1) is 6.26 Å². The van der Waals surface area contributed by atoms with Crippen molar-refractivity contribution in [2.75, 3.05) is 5.32 Å². The van der Waals surface area contributed by atoms with Crippen LogP contribution in [0.1, 0.15) is 43.7 Å². The molecule has 5 heteroatoms. The Hall–Kier alpha value is -2.04. The van der Waals surface area contributed by atoms with Crippen LogP contribution >= 0.6 is 0 Å². The summed E-state index contributed by atoms with van der Waals surface area (Å²) in [6.45, 7) is 2.09. The van der Waals surface area contributed by atoms with Crippen molar-refractivity contribution >= 4 is 5.82 Å². The number of hydrogen-bond acceptors (Lipinski definition) is 4. The van der Waals surface area contributed by atoms with Crippen LogP contribution in [0.2, 0.25) is 0 Å². The summed E-state index contributed by atoms with van der Waals surface area (Å²) in [6, 6.07) is 5.63. The quantitative estimate of drug-likeness (QED) is 0.849. The molecular formula is C15H19N3O2. The molecule has 0 aromatic carbocycles. The molecule has 0 radical (unpaired) electrons. The van der Waals surface area contributed by atoms with Gasteiger partial charge in [0.25, 0.3) is 5.56 Å². The summed E-state index contributed by atoms with van der Waals surface area (Å²) in [7, 11) is 0. The highest BCUT2D eigenvalue weighted by molar-refractivity contribution is 5.35. The summed E-state index contributed by atoms with van der Waals surface area (Å²) >= 11 is 0. The zero-order valence-electron chi connectivity index (χ0n) is 11.6. The fourth-order valence-corrected chi connectivity index (χ4v) is 2.24. The van der Waals surface area contributed by atoms with Crippen LogP contribution in [-0.2, 0) is 6.42 Å². The summed E-state index contributed by atoms with van der Waals surface area (Å²) in [5, 5.41) is 3.30. The first-order valence-corrected chi connectivity index (χ1v) is 7.11. The minimum absolute atomic E-state index is 0.0809. The largest absolute Gasteiger partial charge is 0.469 e. The Morgan fingerprint density at radius 3 is 3.10 bits per heavy atom. The third-order valence-corrected chi connectivity index (χ3v) is 3.52. The van der Waals surface area contributed by atoms with Gasteiger partial charge in [-0.25, -0.2) is 4.98 Å². The van der Waals surface area contributed by atoms with Crippen molar-refractivity contribution in [2.24, 2.45) is 0 Å². The highest BCUT2D eigenvalue weighted by Gasteiger charge is 2.26. The zero-order valence-corrected chi connectivity index (χ0v) is 11.6. The number of H-pyrrole nitrogens is 1. The predicted octanol–water partition coefficient (Wildman–Crippen LogP) is 2.67. The van der Waals surface area contributed by atoms with Crippen LogP contribution in [0.15, 0.2) is 33.7 Å². The van der Waals surface area contributed by atoms with Crippen molar-refractivity contribution in [2.45, 2.75) is 44.6 Å². The van der Waals surface area contributed by atoms with Gasteiger partial charge in [-0.2, -0.15) is 0 Å². The molecule has 1 fully saturated rings. The topological polar surface area (TPSA) is 70.9 Å². The molecule has 1 saturated carbocycles. The van der Waals surface area contributed by atoms with E-state index in [4.69, 9.17) is 4.42 Å². The molecule has 2 N–H and O–H groups in total. The maximum absolute atomic E-state index is 11.6. The molecule has 1 unspecified atom stereocenters. The van der Waals surface area contributed by atoms with Gasteiger partial charge in [-0.1, -0.05) is 0 Å². The highest BCUT2D eigenvalue weighted by atomic mass is 16.3. The lowest BCUT2D eigenvalue weighted by atomic mass is 10.1. The first-order valence-electron chi connectivity index (χ1n) is 7.11. The number of furan rings is 1. The molecule has 2 aromatic rings. The van der Waals surface area contributed by atoms with E-state index in [-0.39, 0.29) is 11.6 Å². The lowest BCUT2D eigenvalue weighted by Crippen LogP contribution is -2.20. The molecule has 20 heavy (non-hydrogen) atoms. The van der Waals surface area contributed by atoms with Crippen molar-refractivity contribution in [3.63, 3.8) is 0 Å². The second-order valence-electron chi connectivity index (χ2n) is 5.45. The van der Waals surface area contributed by atoms with Crippen LogP contribution < -0.4 is 10.9 Å². The molecule has 0 saturated heterocycles. The van der Waals surface area contributed by atoms with Gasteiger partial charge < -0.3 is 14.7 Å². The standard InChI is InChI=1S/C15H19N3O2/c1-10(4-7-12-3-2-8-20-12)16-13-9-14(19)18-15(17-13)11-5-6-11/h2-3,8-11H,4-7H2,1H3,(H2,16,17,18,19). The summed E-state index contributed by atoms with van der Waals surface area (Å²) < 4.78 is 5.31. The van der Waals surface area contributed by atoms with Gasteiger partial charge in [0.2, 0.25) is 0 Å². The molecule has 0 aliphatic heterocycles. The molecule has 2 heterocycles. The van der Waals surface area contributed by atoms with Crippen molar-refractivity contribution in [3.05, 3.63) is 46.4 Å². The fraction of sp³-hybridized carbons (Fsp3) is 0.467. The van der Waals surface area contributed by atoms with Gasteiger partial charge in [-0.3, -0.25) is 4.79 Å². The van der Waals surface area contributed by atoms with Gasteiger partial charge in [0.1, 0.15) is 17.4 Å². The molecular weight excluding hydrogens is 254 g/mol. The highest BCUT2D eigenvalue weighted by Crippen LogP contribution is 2.37. The van der Waals surface area contributed by atoms with Crippen LogP contribution in [0.25, 0.3) is 0 Å². The molecule has 0 amide bonds. The zero-order chi connectivity index (χ0) is 13.9. The SMILES string of the molecule is CC(CCc1ccco1)Nc1cc(=O)[nH]c(C2CC2)n1. The van der Waals surface area contributed by atoms with E-state index < -0.39 is 0 Å². The number of anilines is 1. The van der Waals surface area contributed by atoms with Crippen molar-refractivity contribution in [1.82, 2.24) is 9.97 Å². The van der Waals surface area contributed by atoms with Crippen molar-refractivity contribution < 1.29 is 4.42 Å². The third kappa shape index (κ3) is 3.29. The second-order valence-corrected chi connectivity index (χ2v) is 5.45. The minimum Gasteiger partial charge on any atom is -0.469 e. The molecule has 106 valence electrons. The second kappa shape index (κ2) is 5.53. The van der Waals surface area contributed by atoms with E-state index >= 15 is 0 Å². The predicted molar refractivity (Wildman–Crippen MR) is 76.9 cm³/mol. The number of nitrogens with zero attached hydrogens (tertiary/aromatic N) is 1. The Morgan fingerprint density at radius 1 is 1.55 bits per heavy atom. The van der Waals surface area contributed by atoms with Crippen LogP contribution in [0.5, 0.6) is 0 Å². The van der Waals surface area contributed by atoms with Crippen LogP contribution in [0, 0.1) is 0 Å². The summed E-state index contributed by atoms with van der Waals surface area (Å²) in [6.07, 6.45) is 5.75. The Balaban J connectivity index is 1.60. The Bertz CT molecular complexity index is 614. The summed E-state index contributed by atoms with van der Waals surface area (Å²) in [5.74, 6) is 2.92. The number of hydrogen-bond donors (Lipinski definition) is 2. The first kappa shape index (κ1) is 13.0. The third-order valence-electron chi connectivity index (χ3n) is 3.52. The van der Waals surface area contributed by atoms with Crippen molar-refractivity contribution in [1.29, 1.82) is 0 Å². The van der Waals surface area contributed by atoms with Crippen LogP contribution in [0.3, 0.4) is 0 Å². The van der Waals surface area contributed by atoms with Gasteiger partial charge >= 0.3 is 0 Å². The number of aromatic nitrogens is 2. The van der Waals surface area contributed by atoms with E-state index in [0.29, 0.717) is 11.7 Å². The monoisotopic (exact) mass is 273 g/mol. The summed E-state index contributed by atoms with van der Waals surface area (Å²) in [4.78, 5) is 18.9. The maximum atomic E-state index is 11.6. The van der Waals surface area contributed by atoms with E-state index in [1.165, 1.54) is 6.07 Å². The average Bonchev–Trinajstić information content (AvgIpc) is 3.13. The molecule has 0 bridgehead atoms. The summed E-state index contributed by atoms with van der Waals surface area (Å²) in [5.41, 5.74) is -0.0809. The molecule has 1 aliphatic rings. The Labute approximate surface area is 117 Å². The number of nitrogens with one attached hydrogen (secondary N) is 2. The van der Waals surface area contributed by atoms with Crippen molar-refractivity contribution in [3.8, 4) is 0 Å². The maximum Gasteiger partial charge on any atom is 0.252 e. The van der Waals surface area contributed by atoms with E-state index in [9.17, 15) is 4.79 Å². The molecule has 1 atom stereocenters. The van der Waals surface area contributed by atoms with Gasteiger partial charge in [-0.05, 0) is 38.3 Å². The number of aryl methyl sites for hydroxylation is 1. The average molecular weight is 273 g/mol. The number of aromatic amines is 1. The van der Waals surface area contributed by atoms with E-state index in [2.05, 4.69) is 22.2 Å². The Kier molecular flexibility index (Phi) is 3.58. The lowest BCUT2D eigenvalue weighted by Gasteiger charge is -2.14. The molecule has 0 spiro atoms. The molecule has 1 aliphatic carbocycles. The van der Waals surface area contributed by atoms with E-state index in [0.717, 1.165) is 37.3 Å². The van der Waals surface area contributed by atoms with Crippen LogP contribution in [0.4, 0.5) is 5.82 Å². The van der Waals surface area contributed by atoms with E-state index in [1.54, 1.807) is 6.26 Å². The molecule has 5 nitrogen and oxygen atoms in total. The lowest BCUT2D eigenvalue weighted by molar-refractivity contribution is 0.494. The first-order chi connectivity index (χ1) is 9.70. The van der Waals surface area contributed by atoms with Gasteiger partial charge in [0.15, 0.2) is 0 Å². The van der Waals surface area contributed by atoms with E-state index in [1.807, 2.05) is 12.1 Å². The normalized spacial score (nSPS) is 16.1. The van der Waals surface area contributed by atoms with Crippen LogP contribution in [-0.4, -0.2) is 16.0 Å².